The Morgan fingerprint density at radius 1 is 0.438 bits per heavy atom. The largest absolute Gasteiger partial charge is 0.504 e. The maximum atomic E-state index is 13.3. The SMILES string of the molecule is O=C1c2cc3cc4ccccc4cc3cc2C(=O)c2cc3c(O)c(O)c(O)c(O)c3cc21. The molecule has 0 aromatic heterocycles. The van der Waals surface area contributed by atoms with E-state index in [0.717, 1.165) is 21.5 Å². The minimum absolute atomic E-state index is 0.0482. The van der Waals surface area contributed by atoms with Gasteiger partial charge in [0.05, 0.1) is 0 Å². The Balaban J connectivity index is 1.65. The summed E-state index contributed by atoms with van der Waals surface area (Å²) in [5.74, 6) is -3.98. The van der Waals surface area contributed by atoms with E-state index >= 15 is 0 Å². The Morgan fingerprint density at radius 3 is 1.22 bits per heavy atom. The third kappa shape index (κ3) is 2.23. The maximum Gasteiger partial charge on any atom is 0.204 e. The molecule has 6 rings (SSSR count). The molecule has 0 aliphatic heterocycles. The first-order valence-corrected chi connectivity index (χ1v) is 9.84. The lowest BCUT2D eigenvalue weighted by Crippen LogP contribution is -2.21. The predicted molar refractivity (Wildman–Crippen MR) is 119 cm³/mol. The van der Waals surface area contributed by atoms with Gasteiger partial charge in [-0.15, -0.1) is 0 Å². The van der Waals surface area contributed by atoms with Gasteiger partial charge in [0.2, 0.25) is 11.5 Å². The first kappa shape index (κ1) is 18.2. The predicted octanol–water partition coefficient (Wildman–Crippen LogP) is 4.74. The van der Waals surface area contributed by atoms with Gasteiger partial charge in [-0.2, -0.15) is 0 Å². The number of fused-ring (bicyclic) bond motifs is 5. The van der Waals surface area contributed by atoms with Gasteiger partial charge in [0.25, 0.3) is 0 Å². The molecule has 0 amide bonds. The van der Waals surface area contributed by atoms with Crippen LogP contribution in [-0.2, 0) is 0 Å². The van der Waals surface area contributed by atoms with E-state index in [9.17, 15) is 30.0 Å². The average molecular weight is 422 g/mol. The van der Waals surface area contributed by atoms with Crippen LogP contribution in [-0.4, -0.2) is 32.0 Å². The lowest BCUT2D eigenvalue weighted by atomic mass is 9.81. The number of hydrogen-bond donors (Lipinski definition) is 4. The summed E-state index contributed by atoms with van der Waals surface area (Å²) in [5.41, 5.74) is 0.595. The molecule has 1 aliphatic rings. The van der Waals surface area contributed by atoms with Crippen LogP contribution in [0.5, 0.6) is 23.0 Å². The van der Waals surface area contributed by atoms with Crippen molar-refractivity contribution in [1.82, 2.24) is 0 Å². The first-order chi connectivity index (χ1) is 15.3. The number of phenols is 4. The Labute approximate surface area is 180 Å². The standard InChI is InChI=1S/C26H14O6/c27-21-15-7-13-5-11-3-1-2-4-12(11)6-14(13)8-16(15)22(28)18-10-20-19(9-17(18)21)23(29)25(31)26(32)24(20)30/h1-10,29-32H. The van der Waals surface area contributed by atoms with Gasteiger partial charge in [-0.05, 0) is 57.9 Å². The van der Waals surface area contributed by atoms with Crippen molar-refractivity contribution in [1.29, 1.82) is 0 Å². The van der Waals surface area contributed by atoms with Crippen LogP contribution in [0.3, 0.4) is 0 Å². The van der Waals surface area contributed by atoms with Crippen molar-refractivity contribution in [2.24, 2.45) is 0 Å². The number of phenolic OH excluding ortho intramolecular Hbond substituents is 4. The summed E-state index contributed by atoms with van der Waals surface area (Å²) in [6.45, 7) is 0. The van der Waals surface area contributed by atoms with Gasteiger partial charge < -0.3 is 20.4 Å². The molecule has 6 nitrogen and oxygen atoms in total. The fraction of sp³-hybridized carbons (Fsp3) is 0. The molecular weight excluding hydrogens is 408 g/mol. The first-order valence-electron chi connectivity index (χ1n) is 9.84. The van der Waals surface area contributed by atoms with Crippen molar-refractivity contribution in [2.75, 3.05) is 0 Å². The van der Waals surface area contributed by atoms with Gasteiger partial charge in [0.1, 0.15) is 0 Å². The second-order valence-electron chi connectivity index (χ2n) is 7.94. The Hall–Kier alpha value is -4.58. The highest BCUT2D eigenvalue weighted by molar-refractivity contribution is 6.31. The van der Waals surface area contributed by atoms with Crippen LogP contribution in [0.1, 0.15) is 31.8 Å². The molecule has 0 radical (unpaired) electrons. The molecule has 0 unspecified atom stereocenters. The summed E-state index contributed by atoms with van der Waals surface area (Å²) in [6, 6.07) is 17.6. The third-order valence-corrected chi connectivity index (χ3v) is 6.16. The molecule has 0 spiro atoms. The normalized spacial score (nSPS) is 13.0. The van der Waals surface area contributed by atoms with E-state index in [2.05, 4.69) is 0 Å². The Kier molecular flexibility index (Phi) is 3.40. The van der Waals surface area contributed by atoms with Crippen molar-refractivity contribution in [3.63, 3.8) is 0 Å². The van der Waals surface area contributed by atoms with E-state index in [4.69, 9.17) is 0 Å². The minimum atomic E-state index is -0.900. The molecule has 0 heterocycles. The highest BCUT2D eigenvalue weighted by atomic mass is 16.3. The van der Waals surface area contributed by atoms with Gasteiger partial charge in [-0.3, -0.25) is 9.59 Å². The van der Waals surface area contributed by atoms with Gasteiger partial charge >= 0.3 is 0 Å². The van der Waals surface area contributed by atoms with Gasteiger partial charge in [0, 0.05) is 33.0 Å². The number of carbonyl (C=O) groups is 2. The van der Waals surface area contributed by atoms with Crippen molar-refractivity contribution >= 4 is 43.9 Å². The van der Waals surface area contributed by atoms with Crippen LogP contribution in [0.25, 0.3) is 32.3 Å². The third-order valence-electron chi connectivity index (χ3n) is 6.16. The van der Waals surface area contributed by atoms with Crippen molar-refractivity contribution in [3.05, 3.63) is 82.9 Å². The Bertz CT molecular complexity index is 1570. The highest BCUT2D eigenvalue weighted by Crippen LogP contribution is 2.49. The topological polar surface area (TPSA) is 115 Å². The molecule has 0 fully saturated rings. The highest BCUT2D eigenvalue weighted by Gasteiger charge is 2.32. The van der Waals surface area contributed by atoms with Crippen molar-refractivity contribution < 1.29 is 30.0 Å². The molecule has 5 aromatic rings. The average Bonchev–Trinajstić information content (AvgIpc) is 2.81. The van der Waals surface area contributed by atoms with E-state index in [1.807, 2.05) is 36.4 Å². The van der Waals surface area contributed by atoms with Gasteiger partial charge in [-0.25, -0.2) is 0 Å². The molecule has 154 valence electrons. The number of benzene rings is 5. The molecule has 32 heavy (non-hydrogen) atoms. The number of ketones is 2. The summed E-state index contributed by atoms with van der Waals surface area (Å²) in [4.78, 5) is 26.7. The molecule has 1 aliphatic carbocycles. The molecule has 0 saturated carbocycles. The number of hydrogen-bond acceptors (Lipinski definition) is 6. The van der Waals surface area contributed by atoms with Crippen LogP contribution in [0.15, 0.2) is 60.7 Å². The van der Waals surface area contributed by atoms with E-state index < -0.39 is 34.6 Å². The molecule has 5 aromatic carbocycles. The number of rotatable bonds is 0. The van der Waals surface area contributed by atoms with Crippen LogP contribution in [0, 0.1) is 0 Å². The summed E-state index contributed by atoms with van der Waals surface area (Å²) >= 11 is 0. The summed E-state index contributed by atoms with van der Waals surface area (Å²) in [7, 11) is 0. The number of aromatic hydroxyl groups is 4. The zero-order chi connectivity index (χ0) is 22.3. The zero-order valence-electron chi connectivity index (χ0n) is 16.4. The van der Waals surface area contributed by atoms with E-state index in [1.165, 1.54) is 12.1 Å². The molecule has 0 bridgehead atoms. The summed E-state index contributed by atoms with van der Waals surface area (Å²) in [6.07, 6.45) is 0. The summed E-state index contributed by atoms with van der Waals surface area (Å²) in [5, 5.41) is 43.7. The molecule has 6 heteroatoms. The van der Waals surface area contributed by atoms with Crippen molar-refractivity contribution in [3.8, 4) is 23.0 Å². The quantitative estimate of drug-likeness (QED) is 0.160. The minimum Gasteiger partial charge on any atom is -0.504 e. The lowest BCUT2D eigenvalue weighted by Gasteiger charge is -2.20. The van der Waals surface area contributed by atoms with Crippen LogP contribution < -0.4 is 0 Å². The fourth-order valence-corrected chi connectivity index (χ4v) is 4.50. The molecule has 0 atom stereocenters. The second-order valence-corrected chi connectivity index (χ2v) is 7.94. The molecule has 0 saturated heterocycles. The van der Waals surface area contributed by atoms with Crippen LogP contribution in [0.2, 0.25) is 0 Å². The van der Waals surface area contributed by atoms with Crippen LogP contribution in [0.4, 0.5) is 0 Å². The zero-order valence-corrected chi connectivity index (χ0v) is 16.4. The van der Waals surface area contributed by atoms with Gasteiger partial charge in [-0.1, -0.05) is 24.3 Å². The van der Waals surface area contributed by atoms with Gasteiger partial charge in [0.15, 0.2) is 23.1 Å². The molecule has 4 N–H and O–H groups in total. The number of carbonyl (C=O) groups excluding carboxylic acids is 2. The van der Waals surface area contributed by atoms with E-state index in [-0.39, 0.29) is 33.0 Å². The second kappa shape index (κ2) is 5.98. The van der Waals surface area contributed by atoms with E-state index in [0.29, 0.717) is 0 Å². The molecular formula is C26H14O6. The van der Waals surface area contributed by atoms with Crippen LogP contribution >= 0.6 is 0 Å². The lowest BCUT2D eigenvalue weighted by molar-refractivity contribution is 0.0979. The summed E-state index contributed by atoms with van der Waals surface area (Å²) < 4.78 is 0. The fourth-order valence-electron chi connectivity index (χ4n) is 4.50. The Morgan fingerprint density at radius 2 is 0.812 bits per heavy atom. The van der Waals surface area contributed by atoms with E-state index in [1.54, 1.807) is 12.1 Å². The maximum absolute atomic E-state index is 13.3. The monoisotopic (exact) mass is 422 g/mol. The smallest absolute Gasteiger partial charge is 0.204 e. The van der Waals surface area contributed by atoms with Crippen molar-refractivity contribution in [2.45, 2.75) is 0 Å².